The van der Waals surface area contributed by atoms with Crippen LogP contribution in [0, 0.1) is 3.77 Å². The first-order valence-electron chi connectivity index (χ1n) is 7.76. The van der Waals surface area contributed by atoms with Gasteiger partial charge in [0.2, 0.25) is 5.91 Å². The lowest BCUT2D eigenvalue weighted by atomic mass is 10.2. The smallest absolute Gasteiger partial charge is 0.251 e. The van der Waals surface area contributed by atoms with Crippen molar-refractivity contribution < 1.29 is 18.7 Å². The van der Waals surface area contributed by atoms with Gasteiger partial charge in [-0.3, -0.25) is 9.59 Å². The summed E-state index contributed by atoms with van der Waals surface area (Å²) in [5.74, 6) is 0.672. The van der Waals surface area contributed by atoms with Crippen LogP contribution in [0.25, 0.3) is 6.08 Å². The van der Waals surface area contributed by atoms with Gasteiger partial charge in [-0.1, -0.05) is 0 Å². The predicted molar refractivity (Wildman–Crippen MR) is 92.6 cm³/mol. The topological polar surface area (TPSA) is 63.0 Å². The summed E-state index contributed by atoms with van der Waals surface area (Å²) in [6.45, 7) is 2.91. The summed E-state index contributed by atoms with van der Waals surface area (Å²) in [7, 11) is 0. The fourth-order valence-corrected chi connectivity index (χ4v) is 3.23. The van der Waals surface area contributed by atoms with Crippen molar-refractivity contribution in [2.75, 3.05) is 32.8 Å². The summed E-state index contributed by atoms with van der Waals surface area (Å²) < 4.78 is 11.6. The van der Waals surface area contributed by atoms with Crippen LogP contribution in [0.15, 0.2) is 22.6 Å². The Morgan fingerprint density at radius 1 is 1.17 bits per heavy atom. The highest BCUT2D eigenvalue weighted by Gasteiger charge is 2.30. The number of piperazine rings is 1. The zero-order valence-electron chi connectivity index (χ0n) is 12.7. The van der Waals surface area contributed by atoms with Gasteiger partial charge in [0, 0.05) is 38.9 Å². The molecular weight excluding hydrogens is 411 g/mol. The Morgan fingerprint density at radius 2 is 1.91 bits per heavy atom. The van der Waals surface area contributed by atoms with E-state index in [1.54, 1.807) is 15.9 Å². The van der Waals surface area contributed by atoms with Crippen LogP contribution in [0.1, 0.15) is 18.6 Å². The lowest BCUT2D eigenvalue weighted by molar-refractivity contribution is -0.144. The Kier molecular flexibility index (Phi) is 5.37. The Balaban J connectivity index is 1.49. The van der Waals surface area contributed by atoms with Gasteiger partial charge in [0.1, 0.15) is 11.9 Å². The molecule has 1 atom stereocenters. The van der Waals surface area contributed by atoms with Gasteiger partial charge >= 0.3 is 0 Å². The third-order valence-corrected chi connectivity index (χ3v) is 4.67. The van der Waals surface area contributed by atoms with E-state index in [-0.39, 0.29) is 17.9 Å². The minimum Gasteiger partial charge on any atom is -0.451 e. The average molecular weight is 430 g/mol. The van der Waals surface area contributed by atoms with Gasteiger partial charge in [0.05, 0.1) is 0 Å². The number of amides is 2. The van der Waals surface area contributed by atoms with E-state index in [4.69, 9.17) is 9.15 Å². The van der Waals surface area contributed by atoms with Crippen molar-refractivity contribution in [2.24, 2.45) is 0 Å². The normalized spacial score (nSPS) is 22.0. The lowest BCUT2D eigenvalue weighted by Crippen LogP contribution is -2.52. The lowest BCUT2D eigenvalue weighted by Gasteiger charge is -2.35. The molecule has 1 unspecified atom stereocenters. The number of nitrogens with zero attached hydrogens (tertiary/aromatic N) is 2. The van der Waals surface area contributed by atoms with E-state index in [1.807, 2.05) is 12.1 Å². The molecule has 0 spiro atoms. The van der Waals surface area contributed by atoms with Crippen LogP contribution in [0.4, 0.5) is 0 Å². The molecule has 3 rings (SSSR count). The number of ether oxygens (including phenoxy) is 1. The van der Waals surface area contributed by atoms with E-state index in [1.165, 1.54) is 6.08 Å². The predicted octanol–water partition coefficient (Wildman–Crippen LogP) is 1.75. The summed E-state index contributed by atoms with van der Waals surface area (Å²) in [5.41, 5.74) is 0. The third kappa shape index (κ3) is 4.14. The summed E-state index contributed by atoms with van der Waals surface area (Å²) in [6.07, 6.45) is 4.67. The van der Waals surface area contributed by atoms with Gasteiger partial charge in [-0.25, -0.2) is 0 Å². The van der Waals surface area contributed by atoms with E-state index in [9.17, 15) is 9.59 Å². The molecule has 0 saturated carbocycles. The molecule has 0 N–H and O–H groups in total. The van der Waals surface area contributed by atoms with Gasteiger partial charge in [0.25, 0.3) is 5.91 Å². The molecular formula is C16H19IN2O4. The quantitative estimate of drug-likeness (QED) is 0.542. The standard InChI is InChI=1S/C16H19IN2O4/c17-14-5-3-12(23-14)4-6-15(20)18-7-9-19(10-8-18)16(21)13-2-1-11-22-13/h3-6,13H,1-2,7-11H2. The molecule has 3 heterocycles. The number of halogens is 1. The second-order valence-corrected chi connectivity index (χ2v) is 6.69. The highest BCUT2D eigenvalue weighted by Crippen LogP contribution is 2.16. The fraction of sp³-hybridized carbons (Fsp3) is 0.500. The van der Waals surface area contributed by atoms with Gasteiger partial charge in [-0.15, -0.1) is 0 Å². The molecule has 7 heteroatoms. The first kappa shape index (κ1) is 16.5. The van der Waals surface area contributed by atoms with Crippen LogP contribution < -0.4 is 0 Å². The molecule has 0 aromatic carbocycles. The Morgan fingerprint density at radius 3 is 2.52 bits per heavy atom. The highest BCUT2D eigenvalue weighted by atomic mass is 127. The zero-order chi connectivity index (χ0) is 16.2. The maximum atomic E-state index is 12.3. The first-order chi connectivity index (χ1) is 11.1. The summed E-state index contributed by atoms with van der Waals surface area (Å²) >= 11 is 2.08. The largest absolute Gasteiger partial charge is 0.451 e. The second-order valence-electron chi connectivity index (χ2n) is 5.63. The van der Waals surface area contributed by atoms with Crippen LogP contribution >= 0.6 is 22.6 Å². The van der Waals surface area contributed by atoms with Crippen molar-refractivity contribution in [3.8, 4) is 0 Å². The van der Waals surface area contributed by atoms with E-state index >= 15 is 0 Å². The minimum absolute atomic E-state index is 0.0550. The molecule has 124 valence electrons. The zero-order valence-corrected chi connectivity index (χ0v) is 14.9. The minimum atomic E-state index is -0.279. The van der Waals surface area contributed by atoms with Gasteiger partial charge in [-0.05, 0) is 53.6 Å². The molecule has 23 heavy (non-hydrogen) atoms. The number of hydrogen-bond donors (Lipinski definition) is 0. The average Bonchev–Trinajstić information content (AvgIpc) is 3.24. The Hall–Kier alpha value is -1.35. The maximum Gasteiger partial charge on any atom is 0.251 e. The van der Waals surface area contributed by atoms with Crippen molar-refractivity contribution in [2.45, 2.75) is 18.9 Å². The Bertz CT molecular complexity index is 599. The SMILES string of the molecule is O=C(C=Cc1ccc(I)o1)N1CCN(C(=O)C2CCCO2)CC1. The molecule has 6 nitrogen and oxygen atoms in total. The van der Waals surface area contributed by atoms with Crippen molar-refractivity contribution in [3.63, 3.8) is 0 Å². The van der Waals surface area contributed by atoms with Crippen molar-refractivity contribution in [3.05, 3.63) is 27.7 Å². The van der Waals surface area contributed by atoms with Gasteiger partial charge < -0.3 is 19.0 Å². The molecule has 0 radical (unpaired) electrons. The third-order valence-electron chi connectivity index (χ3n) is 4.09. The van der Waals surface area contributed by atoms with Crippen molar-refractivity contribution >= 4 is 40.5 Å². The Labute approximate surface area is 148 Å². The molecule has 2 saturated heterocycles. The number of carbonyl (C=O) groups is 2. The molecule has 2 aliphatic rings. The van der Waals surface area contributed by atoms with Crippen LogP contribution in [-0.2, 0) is 14.3 Å². The van der Waals surface area contributed by atoms with E-state index in [0.29, 0.717) is 38.5 Å². The monoisotopic (exact) mass is 430 g/mol. The summed E-state index contributed by atoms with van der Waals surface area (Å²) in [4.78, 5) is 28.0. The number of rotatable bonds is 3. The van der Waals surface area contributed by atoms with Crippen LogP contribution in [0.5, 0.6) is 0 Å². The van der Waals surface area contributed by atoms with Crippen molar-refractivity contribution in [1.29, 1.82) is 0 Å². The van der Waals surface area contributed by atoms with Crippen LogP contribution in [0.3, 0.4) is 0 Å². The molecule has 0 aliphatic carbocycles. The second kappa shape index (κ2) is 7.48. The van der Waals surface area contributed by atoms with Crippen LogP contribution in [-0.4, -0.2) is 60.5 Å². The number of hydrogen-bond acceptors (Lipinski definition) is 4. The van der Waals surface area contributed by atoms with Crippen LogP contribution in [0.2, 0.25) is 0 Å². The summed E-state index contributed by atoms with van der Waals surface area (Å²) in [6, 6.07) is 3.67. The maximum absolute atomic E-state index is 12.3. The molecule has 0 bridgehead atoms. The van der Waals surface area contributed by atoms with Gasteiger partial charge in [-0.2, -0.15) is 0 Å². The molecule has 1 aromatic heterocycles. The van der Waals surface area contributed by atoms with Gasteiger partial charge in [0.15, 0.2) is 3.77 Å². The molecule has 2 amide bonds. The van der Waals surface area contributed by atoms with E-state index < -0.39 is 0 Å². The molecule has 1 aromatic rings. The summed E-state index contributed by atoms with van der Waals surface area (Å²) in [5, 5.41) is 0. The number of furan rings is 1. The molecule has 2 fully saturated rings. The van der Waals surface area contributed by atoms with Crippen molar-refractivity contribution in [1.82, 2.24) is 9.80 Å². The highest BCUT2D eigenvalue weighted by molar-refractivity contribution is 14.1. The van der Waals surface area contributed by atoms with E-state index in [2.05, 4.69) is 22.6 Å². The molecule has 2 aliphatic heterocycles. The fourth-order valence-electron chi connectivity index (χ4n) is 2.80. The van der Waals surface area contributed by atoms with E-state index in [0.717, 1.165) is 16.6 Å². The first-order valence-corrected chi connectivity index (χ1v) is 8.84. The number of carbonyl (C=O) groups excluding carboxylic acids is 2.